The molecule has 0 saturated heterocycles. The first kappa shape index (κ1) is 14.3. The Bertz CT molecular complexity index is 763. The van der Waals surface area contributed by atoms with Crippen LogP contribution in [0, 0.1) is 0 Å². The molecule has 2 aromatic heterocycles. The summed E-state index contributed by atoms with van der Waals surface area (Å²) in [5.74, 6) is 0.158. The van der Waals surface area contributed by atoms with Crippen LogP contribution in [0.3, 0.4) is 0 Å². The molecule has 112 valence electrons. The zero-order valence-corrected chi connectivity index (χ0v) is 12.9. The molecule has 7 nitrogen and oxygen atoms in total. The van der Waals surface area contributed by atoms with Gasteiger partial charge in [0.25, 0.3) is 5.91 Å². The minimum Gasteiger partial charge on any atom is -0.298 e. The highest BCUT2D eigenvalue weighted by molar-refractivity contribution is 7.14. The Morgan fingerprint density at radius 3 is 2.64 bits per heavy atom. The van der Waals surface area contributed by atoms with Crippen molar-refractivity contribution in [1.82, 2.24) is 25.2 Å². The molecule has 2 heterocycles. The van der Waals surface area contributed by atoms with Crippen molar-refractivity contribution in [1.29, 1.82) is 0 Å². The van der Waals surface area contributed by atoms with Crippen LogP contribution in [0.1, 0.15) is 35.8 Å². The zero-order valence-electron chi connectivity index (χ0n) is 12.1. The molecule has 0 unspecified atom stereocenters. The molecule has 0 aliphatic rings. The number of thiazole rings is 1. The summed E-state index contributed by atoms with van der Waals surface area (Å²) in [5, 5.41) is 16.3. The number of nitrogens with zero attached hydrogens (tertiary/aromatic N) is 5. The van der Waals surface area contributed by atoms with Gasteiger partial charge in [-0.1, -0.05) is 13.8 Å². The Labute approximate surface area is 131 Å². The van der Waals surface area contributed by atoms with Crippen LogP contribution in [0.2, 0.25) is 0 Å². The quantitative estimate of drug-likeness (QED) is 0.799. The van der Waals surface area contributed by atoms with Crippen LogP contribution >= 0.6 is 11.3 Å². The van der Waals surface area contributed by atoms with Gasteiger partial charge in [0.15, 0.2) is 5.13 Å². The second kappa shape index (κ2) is 6.02. The van der Waals surface area contributed by atoms with Gasteiger partial charge in [0.2, 0.25) is 0 Å². The fourth-order valence-electron chi connectivity index (χ4n) is 1.82. The summed E-state index contributed by atoms with van der Waals surface area (Å²) in [6.07, 6.45) is 1.50. The number of aromatic nitrogens is 5. The number of benzene rings is 1. The smallest absolute Gasteiger partial charge is 0.257 e. The summed E-state index contributed by atoms with van der Waals surface area (Å²) < 4.78 is 1.53. The lowest BCUT2D eigenvalue weighted by Gasteiger charge is -2.04. The van der Waals surface area contributed by atoms with Crippen LogP contribution in [-0.2, 0) is 0 Å². The van der Waals surface area contributed by atoms with Crippen molar-refractivity contribution in [3.8, 4) is 5.69 Å². The first-order valence-corrected chi connectivity index (χ1v) is 7.61. The minimum atomic E-state index is -0.187. The molecular weight excluding hydrogens is 300 g/mol. The van der Waals surface area contributed by atoms with Gasteiger partial charge < -0.3 is 0 Å². The molecule has 0 spiro atoms. The summed E-state index contributed by atoms with van der Waals surface area (Å²) in [4.78, 5) is 16.6. The maximum Gasteiger partial charge on any atom is 0.257 e. The molecular formula is C14H14N6OS. The fourth-order valence-corrected chi connectivity index (χ4v) is 2.69. The Kier molecular flexibility index (Phi) is 3.92. The molecule has 8 heteroatoms. The molecule has 0 atom stereocenters. The molecule has 3 rings (SSSR count). The van der Waals surface area contributed by atoms with Gasteiger partial charge in [-0.2, -0.15) is 0 Å². The fraction of sp³-hybridized carbons (Fsp3) is 0.214. The van der Waals surface area contributed by atoms with E-state index in [1.165, 1.54) is 22.3 Å². The minimum absolute atomic E-state index is 0.187. The number of carbonyl (C=O) groups is 1. The van der Waals surface area contributed by atoms with Gasteiger partial charge in [0.1, 0.15) is 6.33 Å². The van der Waals surface area contributed by atoms with E-state index in [1.54, 1.807) is 24.3 Å². The molecule has 0 aliphatic carbocycles. The van der Waals surface area contributed by atoms with Crippen LogP contribution in [0.4, 0.5) is 5.13 Å². The topological polar surface area (TPSA) is 85.6 Å². The summed E-state index contributed by atoms with van der Waals surface area (Å²) in [7, 11) is 0. The Hall–Kier alpha value is -2.61. The maximum absolute atomic E-state index is 12.2. The summed E-state index contributed by atoms with van der Waals surface area (Å²) in [5.41, 5.74) is 2.32. The zero-order chi connectivity index (χ0) is 15.5. The van der Waals surface area contributed by atoms with E-state index in [1.807, 2.05) is 5.38 Å². The number of hydrogen-bond acceptors (Lipinski definition) is 6. The van der Waals surface area contributed by atoms with E-state index < -0.39 is 0 Å². The number of nitrogens with one attached hydrogen (secondary N) is 1. The number of carbonyl (C=O) groups excluding carboxylic acids is 1. The maximum atomic E-state index is 12.2. The lowest BCUT2D eigenvalue weighted by molar-refractivity contribution is 0.102. The van der Waals surface area contributed by atoms with E-state index in [0.29, 0.717) is 16.6 Å². The Balaban J connectivity index is 1.72. The van der Waals surface area contributed by atoms with Gasteiger partial charge in [0.05, 0.1) is 11.4 Å². The molecule has 0 fully saturated rings. The van der Waals surface area contributed by atoms with Gasteiger partial charge >= 0.3 is 0 Å². The highest BCUT2D eigenvalue weighted by Gasteiger charge is 2.11. The molecule has 0 radical (unpaired) electrons. The van der Waals surface area contributed by atoms with Gasteiger partial charge in [-0.05, 0) is 40.6 Å². The van der Waals surface area contributed by atoms with Crippen LogP contribution in [0.5, 0.6) is 0 Å². The van der Waals surface area contributed by atoms with Crippen molar-refractivity contribution in [3.63, 3.8) is 0 Å². The van der Waals surface area contributed by atoms with Gasteiger partial charge in [-0.25, -0.2) is 9.67 Å². The van der Waals surface area contributed by atoms with Crippen molar-refractivity contribution in [2.45, 2.75) is 19.8 Å². The highest BCUT2D eigenvalue weighted by atomic mass is 32.1. The number of rotatable bonds is 4. The second-order valence-electron chi connectivity index (χ2n) is 4.99. The van der Waals surface area contributed by atoms with Gasteiger partial charge in [-0.15, -0.1) is 16.4 Å². The largest absolute Gasteiger partial charge is 0.298 e. The van der Waals surface area contributed by atoms with E-state index in [-0.39, 0.29) is 5.91 Å². The third kappa shape index (κ3) is 3.01. The van der Waals surface area contributed by atoms with Crippen molar-refractivity contribution < 1.29 is 4.79 Å². The highest BCUT2D eigenvalue weighted by Crippen LogP contribution is 2.22. The molecule has 0 bridgehead atoms. The number of hydrogen-bond donors (Lipinski definition) is 1. The number of anilines is 1. The van der Waals surface area contributed by atoms with E-state index in [9.17, 15) is 4.79 Å². The number of amides is 1. The van der Waals surface area contributed by atoms with E-state index >= 15 is 0 Å². The normalized spacial score (nSPS) is 10.9. The van der Waals surface area contributed by atoms with E-state index in [0.717, 1.165) is 11.4 Å². The second-order valence-corrected chi connectivity index (χ2v) is 5.85. The van der Waals surface area contributed by atoms with Crippen molar-refractivity contribution >= 4 is 22.4 Å². The van der Waals surface area contributed by atoms with E-state index in [4.69, 9.17) is 0 Å². The predicted molar refractivity (Wildman–Crippen MR) is 83.3 cm³/mol. The molecule has 0 aliphatic heterocycles. The third-order valence-corrected chi connectivity index (χ3v) is 3.85. The molecule has 3 aromatic rings. The molecule has 1 amide bonds. The Morgan fingerprint density at radius 2 is 2.05 bits per heavy atom. The van der Waals surface area contributed by atoms with Gasteiger partial charge in [-0.3, -0.25) is 10.1 Å². The Morgan fingerprint density at radius 1 is 1.27 bits per heavy atom. The van der Waals surface area contributed by atoms with Crippen LogP contribution in [0.15, 0.2) is 36.0 Å². The monoisotopic (exact) mass is 314 g/mol. The lowest BCUT2D eigenvalue weighted by atomic mass is 10.2. The predicted octanol–water partition coefficient (Wildman–Crippen LogP) is 2.49. The SMILES string of the molecule is CC(C)c1csc(NC(=O)c2ccc(-n3cnnn3)cc2)n1. The first-order chi connectivity index (χ1) is 10.6. The van der Waals surface area contributed by atoms with E-state index in [2.05, 4.69) is 39.7 Å². The average Bonchev–Trinajstić information content (AvgIpc) is 3.19. The van der Waals surface area contributed by atoms with Gasteiger partial charge in [0, 0.05) is 10.9 Å². The third-order valence-electron chi connectivity index (χ3n) is 3.08. The van der Waals surface area contributed by atoms with Crippen LogP contribution < -0.4 is 5.32 Å². The summed E-state index contributed by atoms with van der Waals surface area (Å²) >= 11 is 1.43. The van der Waals surface area contributed by atoms with Crippen molar-refractivity contribution in [3.05, 3.63) is 47.2 Å². The first-order valence-electron chi connectivity index (χ1n) is 6.73. The molecule has 1 aromatic carbocycles. The number of tetrazole rings is 1. The lowest BCUT2D eigenvalue weighted by Crippen LogP contribution is -2.12. The average molecular weight is 314 g/mol. The summed E-state index contributed by atoms with van der Waals surface area (Å²) in [6, 6.07) is 7.02. The van der Waals surface area contributed by atoms with Crippen molar-refractivity contribution in [2.24, 2.45) is 0 Å². The van der Waals surface area contributed by atoms with Crippen LogP contribution in [-0.4, -0.2) is 31.1 Å². The van der Waals surface area contributed by atoms with Crippen molar-refractivity contribution in [2.75, 3.05) is 5.32 Å². The molecule has 22 heavy (non-hydrogen) atoms. The van der Waals surface area contributed by atoms with Crippen LogP contribution in [0.25, 0.3) is 5.69 Å². The standard InChI is InChI=1S/C14H14N6OS/c1-9(2)12-7-22-14(16-12)17-13(21)10-3-5-11(6-4-10)20-8-15-18-19-20/h3-9H,1-2H3,(H,16,17,21). The molecule has 1 N–H and O–H groups in total. The molecule has 0 saturated carbocycles. The summed E-state index contributed by atoms with van der Waals surface area (Å²) in [6.45, 7) is 4.14.